The van der Waals surface area contributed by atoms with E-state index in [-0.39, 0.29) is 17.9 Å². The van der Waals surface area contributed by atoms with Crippen molar-refractivity contribution in [3.05, 3.63) is 65.4 Å². The number of nitrogens with one attached hydrogen (secondary N) is 2. The highest BCUT2D eigenvalue weighted by Crippen LogP contribution is 2.32. The van der Waals surface area contributed by atoms with E-state index < -0.39 is 5.60 Å². The van der Waals surface area contributed by atoms with E-state index >= 15 is 0 Å². The molecular formula is C34H47N3O3. The molecule has 2 heterocycles. The van der Waals surface area contributed by atoms with Crippen LogP contribution in [-0.4, -0.2) is 35.6 Å². The molecule has 0 bridgehead atoms. The predicted molar refractivity (Wildman–Crippen MR) is 164 cm³/mol. The fourth-order valence-corrected chi connectivity index (χ4v) is 5.72. The highest BCUT2D eigenvalue weighted by Gasteiger charge is 2.23. The lowest BCUT2D eigenvalue weighted by molar-refractivity contribution is -0.154. The molecule has 1 saturated heterocycles. The Kier molecular flexibility index (Phi) is 9.94. The van der Waals surface area contributed by atoms with Gasteiger partial charge in [-0.2, -0.15) is 0 Å². The number of aromatic nitrogens is 1. The molecule has 6 nitrogen and oxygen atoms in total. The Hall–Kier alpha value is -3.28. The average Bonchev–Trinajstić information content (AvgIpc) is 3.08. The van der Waals surface area contributed by atoms with Gasteiger partial charge in [-0.05, 0) is 87.3 Å². The molecule has 0 saturated carbocycles. The SMILES string of the molecule is CC(C)CC(NC(=O)Cc1ccc2[nH]cc(CCC(=O)OC(C)(C)C)c2c1)c1ccccc1N1CCCCCC1. The number of carbonyl (C=O) groups is 2. The molecule has 1 aliphatic heterocycles. The molecule has 3 aromatic rings. The zero-order chi connectivity index (χ0) is 28.7. The van der Waals surface area contributed by atoms with Gasteiger partial charge in [-0.3, -0.25) is 9.59 Å². The minimum absolute atomic E-state index is 0.0292. The zero-order valence-corrected chi connectivity index (χ0v) is 25.0. The summed E-state index contributed by atoms with van der Waals surface area (Å²) in [6.45, 7) is 12.2. The van der Waals surface area contributed by atoms with Crippen LogP contribution in [0.5, 0.6) is 0 Å². The summed E-state index contributed by atoms with van der Waals surface area (Å²) in [5.74, 6) is 0.279. The van der Waals surface area contributed by atoms with Gasteiger partial charge in [0.2, 0.25) is 5.91 Å². The lowest BCUT2D eigenvalue weighted by Gasteiger charge is -2.30. The summed E-state index contributed by atoms with van der Waals surface area (Å²) in [6, 6.07) is 14.7. The van der Waals surface area contributed by atoms with Gasteiger partial charge in [0.15, 0.2) is 0 Å². The third kappa shape index (κ3) is 8.36. The van der Waals surface area contributed by atoms with E-state index in [1.165, 1.54) is 36.9 Å². The normalized spacial score (nSPS) is 15.2. The molecule has 1 unspecified atom stereocenters. The van der Waals surface area contributed by atoms with Crippen molar-refractivity contribution in [2.45, 2.75) is 97.6 Å². The molecule has 40 heavy (non-hydrogen) atoms. The van der Waals surface area contributed by atoms with Crippen molar-refractivity contribution in [2.75, 3.05) is 18.0 Å². The number of nitrogens with zero attached hydrogens (tertiary/aromatic N) is 1. The van der Waals surface area contributed by atoms with Crippen molar-refractivity contribution in [3.63, 3.8) is 0 Å². The molecule has 6 heteroatoms. The molecule has 4 rings (SSSR count). The Morgan fingerprint density at radius 3 is 2.45 bits per heavy atom. The summed E-state index contributed by atoms with van der Waals surface area (Å²) < 4.78 is 5.47. The number of H-pyrrole nitrogens is 1. The van der Waals surface area contributed by atoms with Crippen LogP contribution in [-0.2, 0) is 27.2 Å². The quantitative estimate of drug-likeness (QED) is 0.263. The van der Waals surface area contributed by atoms with Crippen molar-refractivity contribution >= 4 is 28.5 Å². The molecule has 1 amide bonds. The molecule has 0 spiro atoms. The zero-order valence-electron chi connectivity index (χ0n) is 25.0. The predicted octanol–water partition coefficient (Wildman–Crippen LogP) is 7.27. The fourth-order valence-electron chi connectivity index (χ4n) is 5.72. The first-order valence-electron chi connectivity index (χ1n) is 15.0. The minimum Gasteiger partial charge on any atom is -0.460 e. The fraction of sp³-hybridized carbons (Fsp3) is 0.529. The highest BCUT2D eigenvalue weighted by atomic mass is 16.6. The Balaban J connectivity index is 1.47. The van der Waals surface area contributed by atoms with Crippen LogP contribution in [0.1, 0.15) is 95.9 Å². The first-order chi connectivity index (χ1) is 19.1. The number of hydrogen-bond donors (Lipinski definition) is 2. The molecule has 2 N–H and O–H groups in total. The second-order valence-corrected chi connectivity index (χ2v) is 12.7. The van der Waals surface area contributed by atoms with E-state index in [9.17, 15) is 9.59 Å². The van der Waals surface area contributed by atoms with E-state index in [0.29, 0.717) is 25.2 Å². The topological polar surface area (TPSA) is 74.4 Å². The number of rotatable bonds is 10. The number of carbonyl (C=O) groups excluding carboxylic acids is 2. The van der Waals surface area contributed by atoms with Crippen LogP contribution >= 0.6 is 0 Å². The van der Waals surface area contributed by atoms with Gasteiger partial charge in [0.25, 0.3) is 0 Å². The van der Waals surface area contributed by atoms with Crippen LogP contribution in [0, 0.1) is 5.92 Å². The van der Waals surface area contributed by atoms with Gasteiger partial charge in [0.05, 0.1) is 12.5 Å². The van der Waals surface area contributed by atoms with Crippen LogP contribution in [0.25, 0.3) is 10.9 Å². The van der Waals surface area contributed by atoms with E-state index in [2.05, 4.69) is 59.4 Å². The van der Waals surface area contributed by atoms with Crippen molar-refractivity contribution in [2.24, 2.45) is 5.92 Å². The van der Waals surface area contributed by atoms with E-state index in [0.717, 1.165) is 41.5 Å². The second-order valence-electron chi connectivity index (χ2n) is 12.7. The smallest absolute Gasteiger partial charge is 0.306 e. The lowest BCUT2D eigenvalue weighted by Crippen LogP contribution is -2.33. The maximum absolute atomic E-state index is 13.4. The van der Waals surface area contributed by atoms with Gasteiger partial charge in [0, 0.05) is 42.3 Å². The standard InChI is InChI=1S/C34H47N3O3/c1-24(2)20-30(27-12-8-9-13-31(27)37-18-10-6-7-11-19-37)36-32(38)22-25-14-16-29-28(21-25)26(23-35-29)15-17-33(39)40-34(3,4)5/h8-9,12-14,16,21,23-24,30,35H,6-7,10-11,15,17-20,22H2,1-5H3,(H,36,38). The van der Waals surface area contributed by atoms with Gasteiger partial charge >= 0.3 is 5.97 Å². The first-order valence-corrected chi connectivity index (χ1v) is 15.0. The number of esters is 1. The maximum atomic E-state index is 13.4. The van der Waals surface area contributed by atoms with Gasteiger partial charge in [0.1, 0.15) is 5.60 Å². The number of aryl methyl sites for hydroxylation is 1. The lowest BCUT2D eigenvalue weighted by atomic mass is 9.94. The summed E-state index contributed by atoms with van der Waals surface area (Å²) in [5.41, 5.74) is 5.03. The monoisotopic (exact) mass is 545 g/mol. The number of fused-ring (bicyclic) bond motifs is 1. The Morgan fingerprint density at radius 1 is 1.02 bits per heavy atom. The maximum Gasteiger partial charge on any atom is 0.306 e. The average molecular weight is 546 g/mol. The number of anilines is 1. The van der Waals surface area contributed by atoms with E-state index in [1.54, 1.807) is 0 Å². The second kappa shape index (κ2) is 13.4. The summed E-state index contributed by atoms with van der Waals surface area (Å²) in [6.07, 6.45) is 9.09. The van der Waals surface area contributed by atoms with E-state index in [4.69, 9.17) is 4.74 Å². The number of amides is 1. The molecule has 1 fully saturated rings. The number of aromatic amines is 1. The Morgan fingerprint density at radius 2 is 1.75 bits per heavy atom. The van der Waals surface area contributed by atoms with Crippen molar-refractivity contribution in [1.82, 2.24) is 10.3 Å². The number of hydrogen-bond acceptors (Lipinski definition) is 4. The molecule has 1 aromatic heterocycles. The summed E-state index contributed by atoms with van der Waals surface area (Å²) in [5, 5.41) is 4.45. The summed E-state index contributed by atoms with van der Waals surface area (Å²) >= 11 is 0. The molecule has 0 aliphatic carbocycles. The van der Waals surface area contributed by atoms with Gasteiger partial charge in [-0.1, -0.05) is 51.0 Å². The summed E-state index contributed by atoms with van der Waals surface area (Å²) in [4.78, 5) is 31.5. The molecule has 1 aliphatic rings. The van der Waals surface area contributed by atoms with Crippen LogP contribution < -0.4 is 10.2 Å². The Labute approximate surface area is 239 Å². The molecule has 1 atom stereocenters. The third-order valence-corrected chi connectivity index (χ3v) is 7.52. The molecule has 2 aromatic carbocycles. The van der Waals surface area contributed by atoms with E-state index in [1.807, 2.05) is 39.1 Å². The van der Waals surface area contributed by atoms with Crippen molar-refractivity contribution in [1.29, 1.82) is 0 Å². The van der Waals surface area contributed by atoms with Crippen LogP contribution in [0.3, 0.4) is 0 Å². The highest BCUT2D eigenvalue weighted by molar-refractivity contribution is 5.86. The van der Waals surface area contributed by atoms with Crippen molar-refractivity contribution < 1.29 is 14.3 Å². The minimum atomic E-state index is -0.487. The largest absolute Gasteiger partial charge is 0.460 e. The third-order valence-electron chi connectivity index (χ3n) is 7.52. The first kappa shape index (κ1) is 29.7. The van der Waals surface area contributed by atoms with Crippen LogP contribution in [0.15, 0.2) is 48.7 Å². The van der Waals surface area contributed by atoms with Gasteiger partial charge in [-0.15, -0.1) is 0 Å². The van der Waals surface area contributed by atoms with Crippen LogP contribution in [0.2, 0.25) is 0 Å². The van der Waals surface area contributed by atoms with Crippen molar-refractivity contribution in [3.8, 4) is 0 Å². The molecule has 0 radical (unpaired) electrons. The number of para-hydroxylation sites is 1. The van der Waals surface area contributed by atoms with Gasteiger partial charge < -0.3 is 19.9 Å². The van der Waals surface area contributed by atoms with Gasteiger partial charge in [-0.25, -0.2) is 0 Å². The Bertz CT molecular complexity index is 1280. The molecular weight excluding hydrogens is 498 g/mol. The van der Waals surface area contributed by atoms with Crippen LogP contribution in [0.4, 0.5) is 5.69 Å². The summed E-state index contributed by atoms with van der Waals surface area (Å²) in [7, 11) is 0. The number of ether oxygens (including phenoxy) is 1. The number of benzene rings is 2. The molecule has 216 valence electrons.